The summed E-state index contributed by atoms with van der Waals surface area (Å²) in [7, 11) is 0. The monoisotopic (exact) mass is 406 g/mol. The molecule has 6 nitrogen and oxygen atoms in total. The van der Waals surface area contributed by atoms with E-state index in [1.54, 1.807) is 0 Å². The molecular weight excluding hydrogens is 376 g/mol. The molecule has 0 radical (unpaired) electrons. The Morgan fingerprint density at radius 3 is 2.57 bits per heavy atom. The summed E-state index contributed by atoms with van der Waals surface area (Å²) >= 11 is 0. The van der Waals surface area contributed by atoms with Gasteiger partial charge in [-0.05, 0) is 42.8 Å². The lowest BCUT2D eigenvalue weighted by Crippen LogP contribution is -2.42. The van der Waals surface area contributed by atoms with Crippen LogP contribution in [-0.2, 0) is 11.2 Å². The summed E-state index contributed by atoms with van der Waals surface area (Å²) in [5, 5.41) is 10.5. The molecule has 0 atom stereocenters. The van der Waals surface area contributed by atoms with Gasteiger partial charge < -0.3 is 15.2 Å². The number of aromatic nitrogens is 2. The highest BCUT2D eigenvalue weighted by molar-refractivity contribution is 5.85. The molecule has 1 aliphatic heterocycles. The molecule has 0 spiro atoms. The molecule has 7 heteroatoms. The number of hydrogen-bond acceptors (Lipinski definition) is 5. The van der Waals surface area contributed by atoms with Gasteiger partial charge in [-0.2, -0.15) is 4.98 Å². The van der Waals surface area contributed by atoms with E-state index < -0.39 is 0 Å². The summed E-state index contributed by atoms with van der Waals surface area (Å²) < 4.78 is 5.31. The van der Waals surface area contributed by atoms with Crippen molar-refractivity contribution in [1.29, 1.82) is 0 Å². The van der Waals surface area contributed by atoms with E-state index in [0.717, 1.165) is 38.0 Å². The Labute approximate surface area is 173 Å². The van der Waals surface area contributed by atoms with E-state index in [1.807, 2.05) is 12.1 Å². The van der Waals surface area contributed by atoms with Crippen molar-refractivity contribution >= 4 is 18.3 Å². The van der Waals surface area contributed by atoms with E-state index in [2.05, 4.69) is 53.7 Å². The average Bonchev–Trinajstić information content (AvgIpc) is 3.14. The molecule has 1 aromatic carbocycles. The number of carbonyl (C=O) groups excluding carboxylic acids is 1. The number of nitrogens with one attached hydrogen (secondary N) is 2. The lowest BCUT2D eigenvalue weighted by Gasteiger charge is -2.34. The fraction of sp³-hybridized carbons (Fsp3) is 0.571. The summed E-state index contributed by atoms with van der Waals surface area (Å²) in [6.45, 7) is 9.34. The smallest absolute Gasteiger partial charge is 0.227 e. The maximum atomic E-state index is 12.2. The van der Waals surface area contributed by atoms with Crippen molar-refractivity contribution in [3.8, 4) is 11.4 Å². The summed E-state index contributed by atoms with van der Waals surface area (Å²) in [5.41, 5.74) is 2.40. The van der Waals surface area contributed by atoms with Gasteiger partial charge in [-0.15, -0.1) is 12.4 Å². The first kappa shape index (κ1) is 22.4. The van der Waals surface area contributed by atoms with Crippen LogP contribution in [0.4, 0.5) is 0 Å². The normalized spacial score (nSPS) is 15.9. The van der Waals surface area contributed by atoms with Gasteiger partial charge >= 0.3 is 0 Å². The quantitative estimate of drug-likeness (QED) is 0.732. The zero-order valence-corrected chi connectivity index (χ0v) is 17.8. The number of nitrogens with zero attached hydrogens (tertiary/aromatic N) is 2. The predicted octanol–water partition coefficient (Wildman–Crippen LogP) is 3.72. The van der Waals surface area contributed by atoms with Crippen LogP contribution in [-0.4, -0.2) is 35.7 Å². The Morgan fingerprint density at radius 1 is 1.25 bits per heavy atom. The maximum Gasteiger partial charge on any atom is 0.227 e. The summed E-state index contributed by atoms with van der Waals surface area (Å²) in [6, 6.07) is 8.20. The van der Waals surface area contributed by atoms with Gasteiger partial charge in [0.25, 0.3) is 0 Å². The molecule has 1 amide bonds. The molecule has 1 aromatic heterocycles. The SMILES string of the molecule is CC(C)c1ccc(-c2noc(CCC(=O)NCC3(C)CCNCC3)n2)cc1.Cl. The molecule has 0 saturated carbocycles. The molecule has 154 valence electrons. The lowest BCUT2D eigenvalue weighted by atomic mass is 9.81. The van der Waals surface area contributed by atoms with Crippen molar-refractivity contribution in [2.24, 2.45) is 5.41 Å². The second-order valence-corrected chi connectivity index (χ2v) is 8.13. The van der Waals surface area contributed by atoms with Crippen molar-refractivity contribution < 1.29 is 9.32 Å². The van der Waals surface area contributed by atoms with E-state index in [9.17, 15) is 4.79 Å². The zero-order chi connectivity index (χ0) is 19.3. The summed E-state index contributed by atoms with van der Waals surface area (Å²) in [5.74, 6) is 1.60. The summed E-state index contributed by atoms with van der Waals surface area (Å²) in [4.78, 5) is 16.6. The van der Waals surface area contributed by atoms with E-state index in [1.165, 1.54) is 5.56 Å². The molecule has 3 rings (SSSR count). The number of aryl methyl sites for hydroxylation is 1. The van der Waals surface area contributed by atoms with E-state index in [-0.39, 0.29) is 23.7 Å². The minimum Gasteiger partial charge on any atom is -0.356 e. The second-order valence-electron chi connectivity index (χ2n) is 8.13. The lowest BCUT2D eigenvalue weighted by molar-refractivity contribution is -0.121. The molecule has 1 fully saturated rings. The van der Waals surface area contributed by atoms with Gasteiger partial charge in [-0.1, -0.05) is 50.2 Å². The van der Waals surface area contributed by atoms with Gasteiger partial charge in [-0.25, -0.2) is 0 Å². The predicted molar refractivity (Wildman–Crippen MR) is 113 cm³/mol. The Balaban J connectivity index is 0.00000280. The van der Waals surface area contributed by atoms with Crippen LogP contribution >= 0.6 is 12.4 Å². The fourth-order valence-electron chi connectivity index (χ4n) is 3.32. The average molecular weight is 407 g/mol. The molecule has 2 N–H and O–H groups in total. The standard InChI is InChI=1S/C21H30N4O2.ClH/c1-15(2)16-4-6-17(7-5-16)20-24-19(27-25-20)9-8-18(26)23-14-21(3)10-12-22-13-11-21;/h4-7,15,22H,8-14H2,1-3H3,(H,23,26);1H. The molecule has 0 unspecified atom stereocenters. The molecule has 1 aliphatic rings. The van der Waals surface area contributed by atoms with E-state index >= 15 is 0 Å². The third kappa shape index (κ3) is 6.04. The number of benzene rings is 1. The van der Waals surface area contributed by atoms with Crippen molar-refractivity contribution in [1.82, 2.24) is 20.8 Å². The molecule has 1 saturated heterocycles. The molecule has 2 heterocycles. The minimum atomic E-state index is 0. The van der Waals surface area contributed by atoms with Crippen LogP contribution < -0.4 is 10.6 Å². The number of amides is 1. The number of piperidine rings is 1. The van der Waals surface area contributed by atoms with Gasteiger partial charge in [0.15, 0.2) is 0 Å². The van der Waals surface area contributed by atoms with Gasteiger partial charge in [-0.3, -0.25) is 4.79 Å². The highest BCUT2D eigenvalue weighted by atomic mass is 35.5. The van der Waals surface area contributed by atoms with Crippen molar-refractivity contribution in [2.75, 3.05) is 19.6 Å². The third-order valence-electron chi connectivity index (χ3n) is 5.39. The minimum absolute atomic E-state index is 0. The van der Waals surface area contributed by atoms with Crippen LogP contribution in [0.2, 0.25) is 0 Å². The summed E-state index contributed by atoms with van der Waals surface area (Å²) in [6.07, 6.45) is 3.01. The highest BCUT2D eigenvalue weighted by Gasteiger charge is 2.27. The van der Waals surface area contributed by atoms with Crippen LogP contribution in [0, 0.1) is 5.41 Å². The number of hydrogen-bond donors (Lipinski definition) is 2. The van der Waals surface area contributed by atoms with Gasteiger partial charge in [0.2, 0.25) is 17.6 Å². The number of carbonyl (C=O) groups is 1. The molecule has 0 bridgehead atoms. The Bertz CT molecular complexity index is 752. The first-order valence-electron chi connectivity index (χ1n) is 9.85. The Morgan fingerprint density at radius 2 is 1.93 bits per heavy atom. The van der Waals surface area contributed by atoms with Gasteiger partial charge in [0.1, 0.15) is 0 Å². The van der Waals surface area contributed by atoms with E-state index in [4.69, 9.17) is 4.52 Å². The topological polar surface area (TPSA) is 80.0 Å². The van der Waals surface area contributed by atoms with Gasteiger partial charge in [0, 0.05) is 24.9 Å². The Kier molecular flexibility index (Phi) is 8.01. The largest absolute Gasteiger partial charge is 0.356 e. The van der Waals surface area contributed by atoms with E-state index in [0.29, 0.717) is 30.5 Å². The zero-order valence-electron chi connectivity index (χ0n) is 17.0. The first-order valence-corrected chi connectivity index (χ1v) is 9.85. The number of halogens is 1. The fourth-order valence-corrected chi connectivity index (χ4v) is 3.32. The highest BCUT2D eigenvalue weighted by Crippen LogP contribution is 2.26. The van der Waals surface area contributed by atoms with Crippen LogP contribution in [0.3, 0.4) is 0 Å². The molecule has 2 aromatic rings. The van der Waals surface area contributed by atoms with Crippen LogP contribution in [0.5, 0.6) is 0 Å². The maximum absolute atomic E-state index is 12.2. The third-order valence-corrected chi connectivity index (χ3v) is 5.39. The number of rotatable bonds is 7. The van der Waals surface area contributed by atoms with Crippen LogP contribution in [0.1, 0.15) is 57.4 Å². The van der Waals surface area contributed by atoms with Gasteiger partial charge in [0.05, 0.1) is 0 Å². The van der Waals surface area contributed by atoms with Crippen LogP contribution in [0.15, 0.2) is 28.8 Å². The Hall–Kier alpha value is -1.92. The molecular formula is C21H31ClN4O2. The molecule has 28 heavy (non-hydrogen) atoms. The first-order chi connectivity index (χ1) is 13.0. The van der Waals surface area contributed by atoms with Crippen molar-refractivity contribution in [2.45, 2.75) is 52.4 Å². The molecule has 0 aliphatic carbocycles. The second kappa shape index (κ2) is 10.0. The van der Waals surface area contributed by atoms with Crippen LogP contribution in [0.25, 0.3) is 11.4 Å². The van der Waals surface area contributed by atoms with Crippen molar-refractivity contribution in [3.63, 3.8) is 0 Å². The van der Waals surface area contributed by atoms with Crippen molar-refractivity contribution in [3.05, 3.63) is 35.7 Å².